The highest BCUT2D eigenvalue weighted by molar-refractivity contribution is 5.45. The maximum atomic E-state index is 13.6. The Morgan fingerprint density at radius 1 is 1.20 bits per heavy atom. The monoisotopic (exact) mass is 279 g/mol. The van der Waals surface area contributed by atoms with Crippen LogP contribution in [-0.2, 0) is 0 Å². The molecule has 0 aromatic carbocycles. The minimum absolute atomic E-state index is 0.128. The van der Waals surface area contributed by atoms with Crippen molar-refractivity contribution in [3.8, 4) is 5.82 Å². The number of nitrogens with zero attached hydrogens (tertiary/aromatic N) is 2. The molecule has 2 heterocycles. The van der Waals surface area contributed by atoms with E-state index in [1.807, 2.05) is 20.8 Å². The fourth-order valence-corrected chi connectivity index (χ4v) is 1.72. The number of halogens is 2. The number of rotatable bonds is 2. The Morgan fingerprint density at radius 2 is 1.90 bits per heavy atom. The van der Waals surface area contributed by atoms with Crippen LogP contribution in [0.25, 0.3) is 5.82 Å². The van der Waals surface area contributed by atoms with E-state index in [2.05, 4.69) is 10.3 Å². The number of hydrogen-bond donors (Lipinski definition) is 1. The highest BCUT2D eigenvalue weighted by Crippen LogP contribution is 2.13. The smallest absolute Gasteiger partial charge is 0.279 e. The first-order valence-electron chi connectivity index (χ1n) is 6.08. The Balaban J connectivity index is 2.54. The molecule has 0 fully saturated rings. The van der Waals surface area contributed by atoms with E-state index in [1.54, 1.807) is 0 Å². The molecule has 0 aliphatic rings. The molecule has 0 bridgehead atoms. The van der Waals surface area contributed by atoms with E-state index >= 15 is 0 Å². The quantitative estimate of drug-likeness (QED) is 0.919. The van der Waals surface area contributed by atoms with Gasteiger partial charge >= 0.3 is 0 Å². The van der Waals surface area contributed by atoms with Crippen molar-refractivity contribution in [2.24, 2.45) is 0 Å². The van der Waals surface area contributed by atoms with Crippen LogP contribution in [0.1, 0.15) is 20.8 Å². The average Bonchev–Trinajstić information content (AvgIpc) is 2.33. The van der Waals surface area contributed by atoms with Crippen LogP contribution >= 0.6 is 0 Å². The molecule has 4 nitrogen and oxygen atoms in total. The number of pyridine rings is 2. The average molecular weight is 279 g/mol. The maximum Gasteiger partial charge on any atom is 0.279 e. The number of aromatic nitrogens is 2. The molecule has 106 valence electrons. The van der Waals surface area contributed by atoms with Gasteiger partial charge in [-0.1, -0.05) is 0 Å². The van der Waals surface area contributed by atoms with Gasteiger partial charge in [-0.05, 0) is 32.9 Å². The molecular weight excluding hydrogens is 264 g/mol. The molecule has 2 aromatic heterocycles. The van der Waals surface area contributed by atoms with Gasteiger partial charge in [-0.25, -0.2) is 13.8 Å². The van der Waals surface area contributed by atoms with E-state index in [9.17, 15) is 13.6 Å². The van der Waals surface area contributed by atoms with Gasteiger partial charge in [0.05, 0.1) is 6.20 Å². The van der Waals surface area contributed by atoms with Gasteiger partial charge in [0.2, 0.25) is 0 Å². The Bertz CT molecular complexity index is 672. The summed E-state index contributed by atoms with van der Waals surface area (Å²) in [5.74, 6) is -0.943. The molecule has 0 amide bonds. The molecule has 0 aliphatic heterocycles. The van der Waals surface area contributed by atoms with Crippen LogP contribution in [0.5, 0.6) is 0 Å². The van der Waals surface area contributed by atoms with Crippen LogP contribution in [0.15, 0.2) is 35.4 Å². The first-order valence-corrected chi connectivity index (χ1v) is 6.08. The summed E-state index contributed by atoms with van der Waals surface area (Å²) >= 11 is 0. The molecule has 0 saturated heterocycles. The topological polar surface area (TPSA) is 46.9 Å². The van der Waals surface area contributed by atoms with E-state index < -0.39 is 17.2 Å². The summed E-state index contributed by atoms with van der Waals surface area (Å²) in [7, 11) is 0. The summed E-state index contributed by atoms with van der Waals surface area (Å²) < 4.78 is 27.5. The second-order valence-electron chi connectivity index (χ2n) is 5.46. The lowest BCUT2D eigenvalue weighted by atomic mass is 10.1. The van der Waals surface area contributed by atoms with Crippen LogP contribution in [0, 0.1) is 11.6 Å². The first-order chi connectivity index (χ1) is 9.26. The van der Waals surface area contributed by atoms with Gasteiger partial charge in [0.25, 0.3) is 5.56 Å². The zero-order chi connectivity index (χ0) is 14.9. The van der Waals surface area contributed by atoms with Crippen molar-refractivity contribution in [2.45, 2.75) is 26.3 Å². The van der Waals surface area contributed by atoms with E-state index in [4.69, 9.17) is 0 Å². The third kappa shape index (κ3) is 3.20. The van der Waals surface area contributed by atoms with Gasteiger partial charge in [0.1, 0.15) is 23.1 Å². The maximum absolute atomic E-state index is 13.6. The van der Waals surface area contributed by atoms with Gasteiger partial charge < -0.3 is 5.32 Å². The second-order valence-corrected chi connectivity index (χ2v) is 5.46. The Labute approximate surface area is 115 Å². The van der Waals surface area contributed by atoms with E-state index in [0.717, 1.165) is 29.1 Å². The molecule has 6 heteroatoms. The predicted molar refractivity (Wildman–Crippen MR) is 73.1 cm³/mol. The molecule has 2 rings (SSSR count). The molecule has 1 N–H and O–H groups in total. The van der Waals surface area contributed by atoms with E-state index in [1.165, 1.54) is 6.07 Å². The molecule has 0 radical (unpaired) electrons. The molecule has 0 aliphatic carbocycles. The predicted octanol–water partition coefficient (Wildman–Crippen LogP) is 2.72. The van der Waals surface area contributed by atoms with E-state index in [0.29, 0.717) is 0 Å². The standard InChI is InChI=1S/C14H15F2N3O/c1-14(2,3)18-11-6-10(16)8-19(13(11)20)12-5-4-9(15)7-17-12/h4-8,18H,1-3H3. The lowest BCUT2D eigenvalue weighted by Crippen LogP contribution is -2.32. The second kappa shape index (κ2) is 5.03. The molecule has 0 spiro atoms. The highest BCUT2D eigenvalue weighted by Gasteiger charge is 2.15. The summed E-state index contributed by atoms with van der Waals surface area (Å²) in [6.07, 6.45) is 2.00. The Morgan fingerprint density at radius 3 is 2.45 bits per heavy atom. The van der Waals surface area contributed by atoms with Crippen molar-refractivity contribution in [3.63, 3.8) is 0 Å². The van der Waals surface area contributed by atoms with Crippen LogP contribution in [0.2, 0.25) is 0 Å². The van der Waals surface area contributed by atoms with Crippen LogP contribution in [0.4, 0.5) is 14.5 Å². The summed E-state index contributed by atoms with van der Waals surface area (Å²) in [5, 5.41) is 2.94. The van der Waals surface area contributed by atoms with Gasteiger partial charge in [0, 0.05) is 17.8 Å². The third-order valence-electron chi connectivity index (χ3n) is 2.45. The first kappa shape index (κ1) is 14.2. The van der Waals surface area contributed by atoms with E-state index in [-0.39, 0.29) is 17.0 Å². The fraction of sp³-hybridized carbons (Fsp3) is 0.286. The summed E-state index contributed by atoms with van der Waals surface area (Å²) in [6.45, 7) is 5.58. The number of nitrogens with one attached hydrogen (secondary N) is 1. The minimum atomic E-state index is -0.581. The van der Waals surface area contributed by atoms with Crippen molar-refractivity contribution < 1.29 is 8.78 Å². The van der Waals surface area contributed by atoms with Gasteiger partial charge in [0.15, 0.2) is 0 Å². The van der Waals surface area contributed by atoms with Crippen molar-refractivity contribution in [3.05, 3.63) is 52.6 Å². The molecule has 0 atom stereocenters. The lowest BCUT2D eigenvalue weighted by molar-refractivity contribution is 0.601. The van der Waals surface area contributed by atoms with Gasteiger partial charge in [-0.15, -0.1) is 0 Å². The normalized spacial score (nSPS) is 11.4. The van der Waals surface area contributed by atoms with Crippen LogP contribution in [-0.4, -0.2) is 15.1 Å². The largest absolute Gasteiger partial charge is 0.376 e. The van der Waals surface area contributed by atoms with Crippen molar-refractivity contribution >= 4 is 5.69 Å². The third-order valence-corrected chi connectivity index (χ3v) is 2.45. The SMILES string of the molecule is CC(C)(C)Nc1cc(F)cn(-c2ccc(F)cn2)c1=O. The molecule has 2 aromatic rings. The van der Waals surface area contributed by atoms with Gasteiger partial charge in [-0.2, -0.15) is 0 Å². The molecule has 20 heavy (non-hydrogen) atoms. The van der Waals surface area contributed by atoms with Gasteiger partial charge in [-0.3, -0.25) is 9.36 Å². The zero-order valence-electron chi connectivity index (χ0n) is 11.4. The highest BCUT2D eigenvalue weighted by atomic mass is 19.1. The summed E-state index contributed by atoms with van der Waals surface area (Å²) in [5.41, 5.74) is -0.704. The molecule has 0 unspecified atom stereocenters. The van der Waals surface area contributed by atoms with Crippen molar-refractivity contribution in [1.29, 1.82) is 0 Å². The number of hydrogen-bond acceptors (Lipinski definition) is 3. The number of anilines is 1. The van der Waals surface area contributed by atoms with Crippen LogP contribution in [0.3, 0.4) is 0 Å². The lowest BCUT2D eigenvalue weighted by Gasteiger charge is -2.22. The Hall–Kier alpha value is -2.24. The van der Waals surface area contributed by atoms with Crippen molar-refractivity contribution in [2.75, 3.05) is 5.32 Å². The molecular formula is C14H15F2N3O. The minimum Gasteiger partial charge on any atom is -0.376 e. The summed E-state index contributed by atoms with van der Waals surface area (Å²) in [6, 6.07) is 3.61. The fourth-order valence-electron chi connectivity index (χ4n) is 1.72. The Kier molecular flexibility index (Phi) is 3.57. The van der Waals surface area contributed by atoms with Crippen LogP contribution < -0.4 is 10.9 Å². The summed E-state index contributed by atoms with van der Waals surface area (Å²) in [4.78, 5) is 16.1. The van der Waals surface area contributed by atoms with Crippen molar-refractivity contribution in [1.82, 2.24) is 9.55 Å². The zero-order valence-corrected chi connectivity index (χ0v) is 11.4. The molecule has 0 saturated carbocycles.